The van der Waals surface area contributed by atoms with E-state index in [1.54, 1.807) is 0 Å². The third-order valence-corrected chi connectivity index (χ3v) is 13.5. The van der Waals surface area contributed by atoms with Crippen LogP contribution in [-0.4, -0.2) is 9.97 Å². The molecule has 0 N–H and O–H groups in total. The van der Waals surface area contributed by atoms with Gasteiger partial charge in [-0.1, -0.05) is 200 Å². The Labute approximate surface area is 352 Å². The van der Waals surface area contributed by atoms with Crippen LogP contribution in [-0.2, 0) is 5.41 Å². The van der Waals surface area contributed by atoms with E-state index < -0.39 is 5.41 Å². The summed E-state index contributed by atoms with van der Waals surface area (Å²) in [6.07, 6.45) is 0. The van der Waals surface area contributed by atoms with Gasteiger partial charge in [0.25, 0.3) is 0 Å². The Hall–Kier alpha value is -7.46. The van der Waals surface area contributed by atoms with Gasteiger partial charge in [-0.3, -0.25) is 0 Å². The van der Waals surface area contributed by atoms with Crippen molar-refractivity contribution < 1.29 is 0 Å². The van der Waals surface area contributed by atoms with Gasteiger partial charge in [0, 0.05) is 36.9 Å². The summed E-state index contributed by atoms with van der Waals surface area (Å²) < 4.78 is 2.62. The quantitative estimate of drug-likeness (QED) is 0.168. The van der Waals surface area contributed by atoms with Gasteiger partial charge in [-0.05, 0) is 73.5 Å². The molecular weight excluding hydrogens is 745 g/mol. The second-order valence-corrected chi connectivity index (χ2v) is 16.7. The topological polar surface area (TPSA) is 25.8 Å². The number of aromatic nitrogens is 2. The second-order valence-electron chi connectivity index (χ2n) is 15.6. The highest BCUT2D eigenvalue weighted by molar-refractivity contribution is 7.25. The molecule has 0 atom stereocenters. The standard InChI is InChI=1S/C57H36N2S/c1-3-18-40(19-4-1)57(41-20-5-2-6-21-41)48-28-11-9-23-45(48)54-46(27-14-29-49(54)57)51-36-50(58-56(59-51)44-26-13-17-37-16-7-8-22-42(37)44)39-34-32-38(33-35-39)43-25-15-31-53-55(43)47-24-10-12-30-52(47)60-53/h1-36H. The van der Waals surface area contributed by atoms with Crippen LogP contribution in [0.1, 0.15) is 22.3 Å². The van der Waals surface area contributed by atoms with Crippen molar-refractivity contribution in [2.45, 2.75) is 5.41 Å². The zero-order chi connectivity index (χ0) is 39.6. The highest BCUT2D eigenvalue weighted by Gasteiger charge is 2.46. The van der Waals surface area contributed by atoms with Crippen LogP contribution in [0.25, 0.3) is 87.1 Å². The van der Waals surface area contributed by atoms with Crippen molar-refractivity contribution in [1.82, 2.24) is 9.97 Å². The molecule has 0 aliphatic heterocycles. The second kappa shape index (κ2) is 13.8. The van der Waals surface area contributed by atoms with Crippen molar-refractivity contribution in [3.05, 3.63) is 241 Å². The molecule has 1 aliphatic rings. The largest absolute Gasteiger partial charge is 0.228 e. The molecule has 0 bridgehead atoms. The van der Waals surface area contributed by atoms with Crippen LogP contribution in [0.4, 0.5) is 0 Å². The molecule has 2 nitrogen and oxygen atoms in total. The van der Waals surface area contributed by atoms with E-state index in [9.17, 15) is 0 Å². The van der Waals surface area contributed by atoms with Gasteiger partial charge in [-0.25, -0.2) is 9.97 Å². The molecule has 0 saturated carbocycles. The Kier molecular flexibility index (Phi) is 7.97. The van der Waals surface area contributed by atoms with Gasteiger partial charge in [0.15, 0.2) is 5.82 Å². The minimum absolute atomic E-state index is 0.509. The lowest BCUT2D eigenvalue weighted by molar-refractivity contribution is 0.768. The Morgan fingerprint density at radius 1 is 0.367 bits per heavy atom. The predicted molar refractivity (Wildman–Crippen MR) is 251 cm³/mol. The van der Waals surface area contributed by atoms with Crippen molar-refractivity contribution in [3.8, 4) is 56.2 Å². The number of hydrogen-bond donors (Lipinski definition) is 0. The third-order valence-electron chi connectivity index (χ3n) is 12.4. The minimum Gasteiger partial charge on any atom is -0.228 e. The van der Waals surface area contributed by atoms with Gasteiger partial charge in [-0.2, -0.15) is 0 Å². The molecule has 0 radical (unpaired) electrons. The molecule has 12 rings (SSSR count). The molecule has 60 heavy (non-hydrogen) atoms. The first-order valence-electron chi connectivity index (χ1n) is 20.5. The lowest BCUT2D eigenvalue weighted by Gasteiger charge is -2.33. The van der Waals surface area contributed by atoms with Crippen LogP contribution in [0.5, 0.6) is 0 Å². The van der Waals surface area contributed by atoms with E-state index in [4.69, 9.17) is 9.97 Å². The lowest BCUT2D eigenvalue weighted by atomic mass is 9.67. The Bertz CT molecular complexity index is 3380. The van der Waals surface area contributed by atoms with Gasteiger partial charge >= 0.3 is 0 Å². The van der Waals surface area contributed by atoms with E-state index >= 15 is 0 Å². The highest BCUT2D eigenvalue weighted by Crippen LogP contribution is 2.58. The van der Waals surface area contributed by atoms with Crippen LogP contribution >= 0.6 is 11.3 Å². The predicted octanol–water partition coefficient (Wildman–Crippen LogP) is 15.0. The number of benzene rings is 9. The van der Waals surface area contributed by atoms with Crippen LogP contribution in [0.15, 0.2) is 218 Å². The fourth-order valence-electron chi connectivity index (χ4n) is 9.82. The van der Waals surface area contributed by atoms with Gasteiger partial charge in [0.1, 0.15) is 0 Å². The first-order chi connectivity index (χ1) is 29.8. The van der Waals surface area contributed by atoms with Gasteiger partial charge in [0.05, 0.1) is 16.8 Å². The van der Waals surface area contributed by atoms with E-state index in [2.05, 4.69) is 218 Å². The van der Waals surface area contributed by atoms with Gasteiger partial charge in [-0.15, -0.1) is 11.3 Å². The molecule has 0 amide bonds. The zero-order valence-electron chi connectivity index (χ0n) is 32.6. The fraction of sp³-hybridized carbons (Fsp3) is 0.0175. The van der Waals surface area contributed by atoms with Crippen LogP contribution in [0.3, 0.4) is 0 Å². The van der Waals surface area contributed by atoms with E-state index in [0.717, 1.165) is 38.9 Å². The molecular formula is C57H36N2S. The summed E-state index contributed by atoms with van der Waals surface area (Å²) in [5.41, 5.74) is 14.3. The van der Waals surface area contributed by atoms with Crippen molar-refractivity contribution in [3.63, 3.8) is 0 Å². The number of nitrogens with zero attached hydrogens (tertiary/aromatic N) is 2. The monoisotopic (exact) mass is 780 g/mol. The summed E-state index contributed by atoms with van der Waals surface area (Å²) in [5.74, 6) is 0.708. The molecule has 1 aliphatic carbocycles. The molecule has 3 heteroatoms. The van der Waals surface area contributed by atoms with E-state index in [1.165, 1.54) is 64.7 Å². The number of rotatable bonds is 6. The molecule has 2 heterocycles. The first-order valence-corrected chi connectivity index (χ1v) is 21.3. The van der Waals surface area contributed by atoms with Gasteiger partial charge < -0.3 is 0 Å². The zero-order valence-corrected chi connectivity index (χ0v) is 33.4. The number of fused-ring (bicyclic) bond motifs is 7. The Morgan fingerprint density at radius 2 is 0.917 bits per heavy atom. The van der Waals surface area contributed by atoms with Crippen LogP contribution < -0.4 is 0 Å². The maximum atomic E-state index is 5.51. The fourth-order valence-corrected chi connectivity index (χ4v) is 10.9. The molecule has 2 aromatic heterocycles. The summed E-state index contributed by atoms with van der Waals surface area (Å²) in [6.45, 7) is 0. The number of hydrogen-bond acceptors (Lipinski definition) is 3. The van der Waals surface area contributed by atoms with Crippen molar-refractivity contribution in [2.24, 2.45) is 0 Å². The third kappa shape index (κ3) is 5.26. The number of thiophene rings is 1. The van der Waals surface area contributed by atoms with E-state index in [1.807, 2.05) is 11.3 Å². The molecule has 0 saturated heterocycles. The average Bonchev–Trinajstić information content (AvgIpc) is 3.86. The molecule has 280 valence electrons. The SMILES string of the molecule is c1ccc(C2(c3ccccc3)c3ccccc3-c3c(-c4cc(-c5ccc(-c6cccc7sc8ccccc8c67)cc5)nc(-c5cccc6ccccc56)n4)cccc32)cc1. The lowest BCUT2D eigenvalue weighted by Crippen LogP contribution is -2.28. The summed E-state index contributed by atoms with van der Waals surface area (Å²) in [4.78, 5) is 10.9. The van der Waals surface area contributed by atoms with Gasteiger partial charge in [0.2, 0.25) is 0 Å². The highest BCUT2D eigenvalue weighted by atomic mass is 32.1. The average molecular weight is 781 g/mol. The Balaban J connectivity index is 1.08. The minimum atomic E-state index is -0.509. The molecule has 0 unspecified atom stereocenters. The molecule has 11 aromatic rings. The smallest absolute Gasteiger partial charge is 0.161 e. The summed E-state index contributed by atoms with van der Waals surface area (Å²) >= 11 is 1.85. The summed E-state index contributed by atoms with van der Waals surface area (Å²) in [6, 6.07) is 79.1. The Morgan fingerprint density at radius 3 is 1.73 bits per heavy atom. The summed E-state index contributed by atoms with van der Waals surface area (Å²) in [7, 11) is 0. The van der Waals surface area contributed by atoms with E-state index in [0.29, 0.717) is 5.82 Å². The molecule has 0 spiro atoms. The van der Waals surface area contributed by atoms with E-state index in [-0.39, 0.29) is 0 Å². The van der Waals surface area contributed by atoms with Crippen LogP contribution in [0, 0.1) is 0 Å². The van der Waals surface area contributed by atoms with Crippen molar-refractivity contribution in [2.75, 3.05) is 0 Å². The van der Waals surface area contributed by atoms with Crippen molar-refractivity contribution in [1.29, 1.82) is 0 Å². The molecule has 0 fully saturated rings. The normalized spacial score (nSPS) is 12.8. The maximum absolute atomic E-state index is 5.51. The maximum Gasteiger partial charge on any atom is 0.161 e. The first kappa shape index (κ1) is 34.6. The van der Waals surface area contributed by atoms with Crippen LogP contribution in [0.2, 0.25) is 0 Å². The summed E-state index contributed by atoms with van der Waals surface area (Å²) in [5, 5.41) is 4.91. The van der Waals surface area contributed by atoms with Crippen molar-refractivity contribution >= 4 is 42.3 Å². The molecule has 9 aromatic carbocycles.